The monoisotopic (exact) mass is 473 g/mol. The van der Waals surface area contributed by atoms with Gasteiger partial charge in [-0.15, -0.1) is 0 Å². The van der Waals surface area contributed by atoms with Crippen molar-refractivity contribution in [2.45, 2.75) is 34.1 Å². The normalized spacial score (nSPS) is 10.8. The predicted molar refractivity (Wildman–Crippen MR) is 139 cm³/mol. The van der Waals surface area contributed by atoms with Crippen LogP contribution in [0.1, 0.15) is 33.7 Å². The number of nitrogens with zero attached hydrogens (tertiary/aromatic N) is 1. The number of ether oxygens (including phenoxy) is 1. The minimum absolute atomic E-state index is 0.116. The Morgan fingerprint density at radius 2 is 1.74 bits per heavy atom. The number of fused-ring (bicyclic) bond motifs is 1. The summed E-state index contributed by atoms with van der Waals surface area (Å²) in [4.78, 5) is 16.8. The first-order chi connectivity index (χ1) is 16.3. The Balaban J connectivity index is 1.29. The molecule has 7 heteroatoms. The second kappa shape index (κ2) is 10.1. The molecule has 0 saturated carbocycles. The number of benzene rings is 3. The van der Waals surface area contributed by atoms with Gasteiger partial charge in [0, 0.05) is 12.1 Å². The van der Waals surface area contributed by atoms with Crippen LogP contribution in [0.15, 0.2) is 59.0 Å². The van der Waals surface area contributed by atoms with E-state index in [1.807, 2.05) is 68.4 Å². The topological polar surface area (TPSA) is 76.4 Å². The van der Waals surface area contributed by atoms with Gasteiger partial charge in [0.25, 0.3) is 5.91 Å². The largest absolute Gasteiger partial charge is 0.483 e. The molecular formula is C27H27N3O3S. The number of hydrogen-bond donors (Lipinski definition) is 2. The Kier molecular flexibility index (Phi) is 6.93. The molecule has 0 fully saturated rings. The third-order valence-corrected chi connectivity index (χ3v) is 5.99. The first-order valence-corrected chi connectivity index (χ1v) is 11.4. The number of carbonyl (C=O) groups is 1. The zero-order valence-electron chi connectivity index (χ0n) is 19.7. The molecular weight excluding hydrogens is 446 g/mol. The molecule has 4 aromatic rings. The molecule has 1 heterocycles. The number of amides is 1. The van der Waals surface area contributed by atoms with Gasteiger partial charge in [-0.05, 0) is 98.1 Å². The molecule has 0 aliphatic heterocycles. The van der Waals surface area contributed by atoms with Gasteiger partial charge in [-0.1, -0.05) is 24.3 Å². The smallest absolute Gasteiger partial charge is 0.264 e. The van der Waals surface area contributed by atoms with Crippen molar-refractivity contribution in [1.29, 1.82) is 0 Å². The van der Waals surface area contributed by atoms with Crippen LogP contribution in [0.25, 0.3) is 11.1 Å². The molecule has 0 unspecified atom stereocenters. The first kappa shape index (κ1) is 23.4. The third-order valence-electron chi connectivity index (χ3n) is 5.78. The van der Waals surface area contributed by atoms with E-state index in [4.69, 9.17) is 21.4 Å². The Morgan fingerprint density at radius 3 is 2.50 bits per heavy atom. The maximum atomic E-state index is 12.2. The molecule has 0 spiro atoms. The van der Waals surface area contributed by atoms with E-state index in [0.29, 0.717) is 18.1 Å². The maximum Gasteiger partial charge on any atom is 0.264 e. The zero-order valence-corrected chi connectivity index (χ0v) is 20.5. The van der Waals surface area contributed by atoms with Crippen LogP contribution in [0.5, 0.6) is 5.75 Å². The number of nitrogens with one attached hydrogen (secondary N) is 2. The van der Waals surface area contributed by atoms with Gasteiger partial charge in [0.15, 0.2) is 23.2 Å². The van der Waals surface area contributed by atoms with E-state index in [-0.39, 0.29) is 17.6 Å². The summed E-state index contributed by atoms with van der Waals surface area (Å²) in [5.74, 6) is 1.04. The molecule has 34 heavy (non-hydrogen) atoms. The van der Waals surface area contributed by atoms with Crippen LogP contribution in [0.2, 0.25) is 0 Å². The second-order valence-electron chi connectivity index (χ2n) is 8.37. The number of thiocarbonyl (C=S) groups is 1. The lowest BCUT2D eigenvalue weighted by Crippen LogP contribution is -2.37. The molecule has 0 aliphatic carbocycles. The zero-order chi connectivity index (χ0) is 24.2. The number of anilines is 1. The van der Waals surface area contributed by atoms with Crippen LogP contribution >= 0.6 is 12.2 Å². The van der Waals surface area contributed by atoms with E-state index in [1.165, 1.54) is 11.1 Å². The molecule has 3 aromatic carbocycles. The van der Waals surface area contributed by atoms with Gasteiger partial charge in [-0.2, -0.15) is 0 Å². The minimum Gasteiger partial charge on any atom is -0.483 e. The molecule has 6 nitrogen and oxygen atoms in total. The maximum absolute atomic E-state index is 12.2. The number of aryl methyl sites for hydroxylation is 3. The lowest BCUT2D eigenvalue weighted by Gasteiger charge is -2.12. The summed E-state index contributed by atoms with van der Waals surface area (Å²) < 4.78 is 11.5. The van der Waals surface area contributed by atoms with Crippen molar-refractivity contribution in [3.8, 4) is 5.75 Å². The average molecular weight is 474 g/mol. The van der Waals surface area contributed by atoms with E-state index in [1.54, 1.807) is 0 Å². The van der Waals surface area contributed by atoms with Crippen LogP contribution < -0.4 is 15.4 Å². The van der Waals surface area contributed by atoms with Crippen LogP contribution in [0, 0.1) is 27.7 Å². The minimum atomic E-state index is -0.323. The fourth-order valence-electron chi connectivity index (χ4n) is 3.53. The van der Waals surface area contributed by atoms with E-state index < -0.39 is 0 Å². The molecule has 0 atom stereocenters. The van der Waals surface area contributed by atoms with Crippen LogP contribution in [0.4, 0.5) is 5.69 Å². The van der Waals surface area contributed by atoms with Gasteiger partial charge in [-0.3, -0.25) is 10.1 Å². The molecule has 0 bridgehead atoms. The lowest BCUT2D eigenvalue weighted by atomic mass is 10.1. The van der Waals surface area contributed by atoms with E-state index in [9.17, 15) is 4.79 Å². The van der Waals surface area contributed by atoms with Gasteiger partial charge < -0.3 is 14.5 Å². The molecule has 1 amide bonds. The molecule has 0 aliphatic rings. The molecule has 0 saturated heterocycles. The van der Waals surface area contributed by atoms with Gasteiger partial charge in [0.1, 0.15) is 11.3 Å². The molecule has 1 aromatic heterocycles. The third kappa shape index (κ3) is 5.61. The highest BCUT2D eigenvalue weighted by Gasteiger charge is 2.10. The van der Waals surface area contributed by atoms with Crippen molar-refractivity contribution in [3.63, 3.8) is 0 Å². The highest BCUT2D eigenvalue weighted by atomic mass is 32.1. The first-order valence-electron chi connectivity index (χ1n) is 11.0. The number of carbonyl (C=O) groups excluding carboxylic acids is 1. The second-order valence-corrected chi connectivity index (χ2v) is 8.78. The van der Waals surface area contributed by atoms with Crippen molar-refractivity contribution in [1.82, 2.24) is 10.3 Å². The quantitative estimate of drug-likeness (QED) is 0.358. The molecule has 0 radical (unpaired) electrons. The van der Waals surface area contributed by atoms with E-state index in [2.05, 4.69) is 29.5 Å². The van der Waals surface area contributed by atoms with Crippen molar-refractivity contribution in [2.75, 3.05) is 11.9 Å². The van der Waals surface area contributed by atoms with Gasteiger partial charge in [0.05, 0.1) is 0 Å². The fourth-order valence-corrected chi connectivity index (χ4v) is 3.76. The Hall–Kier alpha value is -3.71. The summed E-state index contributed by atoms with van der Waals surface area (Å²) >= 11 is 5.26. The summed E-state index contributed by atoms with van der Waals surface area (Å²) in [5.41, 5.74) is 8.01. The highest BCUT2D eigenvalue weighted by Crippen LogP contribution is 2.22. The SMILES string of the molecule is Cc1cc2nc(Cc3ccc(NC(=S)NC(=O)COc4cccc(C)c4C)cc3)oc2cc1C. The lowest BCUT2D eigenvalue weighted by molar-refractivity contribution is -0.121. The van der Waals surface area contributed by atoms with Crippen LogP contribution in [0.3, 0.4) is 0 Å². The predicted octanol–water partition coefficient (Wildman–Crippen LogP) is 5.54. The molecule has 4 rings (SSSR count). The number of hydrogen-bond acceptors (Lipinski definition) is 5. The van der Waals surface area contributed by atoms with Crippen molar-refractivity contribution in [3.05, 3.63) is 88.3 Å². The van der Waals surface area contributed by atoms with E-state index in [0.717, 1.165) is 33.5 Å². The average Bonchev–Trinajstić information content (AvgIpc) is 3.17. The summed E-state index contributed by atoms with van der Waals surface area (Å²) in [5, 5.41) is 5.88. The fraction of sp³-hybridized carbons (Fsp3) is 0.222. The molecule has 174 valence electrons. The summed E-state index contributed by atoms with van der Waals surface area (Å²) in [7, 11) is 0. The van der Waals surface area contributed by atoms with Crippen LogP contribution in [-0.4, -0.2) is 22.6 Å². The van der Waals surface area contributed by atoms with Gasteiger partial charge in [-0.25, -0.2) is 4.98 Å². The summed E-state index contributed by atoms with van der Waals surface area (Å²) in [6.07, 6.45) is 0.587. The van der Waals surface area contributed by atoms with E-state index >= 15 is 0 Å². The Labute approximate surface area is 204 Å². The Morgan fingerprint density at radius 1 is 1.00 bits per heavy atom. The standard InChI is InChI=1S/C27H27N3O3S/c1-16-6-5-7-23(19(16)4)32-15-25(31)30-27(34)28-21-10-8-20(9-11-21)14-26-29-22-12-17(2)18(3)13-24(22)33-26/h5-13H,14-15H2,1-4H3,(H2,28,30,31,34). The van der Waals surface area contributed by atoms with Gasteiger partial charge in [0.2, 0.25) is 0 Å². The summed E-state index contributed by atoms with van der Waals surface area (Å²) in [6.45, 7) is 7.98. The van der Waals surface area contributed by atoms with Gasteiger partial charge >= 0.3 is 0 Å². The van der Waals surface area contributed by atoms with Crippen molar-refractivity contribution in [2.24, 2.45) is 0 Å². The van der Waals surface area contributed by atoms with Crippen molar-refractivity contribution >= 4 is 40.0 Å². The van der Waals surface area contributed by atoms with Crippen LogP contribution in [-0.2, 0) is 11.2 Å². The molecule has 2 N–H and O–H groups in total. The Bertz CT molecular complexity index is 1320. The summed E-state index contributed by atoms with van der Waals surface area (Å²) in [6, 6.07) is 17.6. The number of rotatable bonds is 6. The number of oxazole rings is 1. The van der Waals surface area contributed by atoms with Crippen molar-refractivity contribution < 1.29 is 13.9 Å². The number of aromatic nitrogens is 1. The highest BCUT2D eigenvalue weighted by molar-refractivity contribution is 7.80.